The lowest BCUT2D eigenvalue weighted by Crippen LogP contribution is -2.48. The van der Waals surface area contributed by atoms with Crippen molar-refractivity contribution in [1.82, 2.24) is 10.0 Å². The Hall–Kier alpha value is -1.46. The molecule has 1 aromatic rings. The van der Waals surface area contributed by atoms with E-state index in [1.807, 2.05) is 6.07 Å². The minimum absolute atomic E-state index is 0.0157. The molecule has 1 unspecified atom stereocenters. The van der Waals surface area contributed by atoms with Gasteiger partial charge in [-0.05, 0) is 30.7 Å². The van der Waals surface area contributed by atoms with Crippen molar-refractivity contribution in [2.75, 3.05) is 26.3 Å². The lowest BCUT2D eigenvalue weighted by Gasteiger charge is -2.23. The highest BCUT2D eigenvalue weighted by atomic mass is 32.2. The first-order chi connectivity index (χ1) is 9.53. The van der Waals surface area contributed by atoms with Crippen LogP contribution in [0.4, 0.5) is 0 Å². The molecular weight excluding hydrogens is 278 g/mol. The van der Waals surface area contributed by atoms with Gasteiger partial charge in [-0.15, -0.1) is 0 Å². The van der Waals surface area contributed by atoms with Gasteiger partial charge in [-0.25, -0.2) is 13.1 Å². The predicted molar refractivity (Wildman–Crippen MR) is 73.7 cm³/mol. The van der Waals surface area contributed by atoms with Crippen molar-refractivity contribution >= 4 is 10.0 Å². The molecule has 6 nitrogen and oxygen atoms in total. The van der Waals surface area contributed by atoms with Gasteiger partial charge in [0.25, 0.3) is 0 Å². The number of benzene rings is 1. The van der Waals surface area contributed by atoms with Crippen LogP contribution in [0.5, 0.6) is 0 Å². The van der Waals surface area contributed by atoms with Crippen LogP contribution in [-0.4, -0.2) is 40.8 Å². The molecule has 0 bridgehead atoms. The van der Waals surface area contributed by atoms with Crippen molar-refractivity contribution in [2.45, 2.75) is 17.9 Å². The molecule has 1 heterocycles. The van der Waals surface area contributed by atoms with E-state index >= 15 is 0 Å². The van der Waals surface area contributed by atoms with Gasteiger partial charge in [0.05, 0.1) is 29.7 Å². The van der Waals surface area contributed by atoms with E-state index < -0.39 is 10.0 Å². The van der Waals surface area contributed by atoms with E-state index in [1.165, 1.54) is 18.2 Å². The van der Waals surface area contributed by atoms with Gasteiger partial charge in [0.1, 0.15) is 0 Å². The summed E-state index contributed by atoms with van der Waals surface area (Å²) >= 11 is 0. The molecule has 0 aliphatic carbocycles. The number of rotatable bonds is 4. The van der Waals surface area contributed by atoms with Crippen LogP contribution in [0, 0.1) is 18.3 Å². The molecule has 1 fully saturated rings. The monoisotopic (exact) mass is 295 g/mol. The molecule has 1 aliphatic heterocycles. The lowest BCUT2D eigenvalue weighted by atomic mass is 10.1. The summed E-state index contributed by atoms with van der Waals surface area (Å²) in [6.07, 6.45) is 0. The summed E-state index contributed by atoms with van der Waals surface area (Å²) in [5, 5.41) is 12.0. The third-order valence-electron chi connectivity index (χ3n) is 3.15. The first-order valence-electron chi connectivity index (χ1n) is 6.34. The van der Waals surface area contributed by atoms with Gasteiger partial charge >= 0.3 is 0 Å². The van der Waals surface area contributed by atoms with Crippen molar-refractivity contribution < 1.29 is 13.2 Å². The first kappa shape index (κ1) is 14.9. The number of hydrogen-bond acceptors (Lipinski definition) is 5. The van der Waals surface area contributed by atoms with Gasteiger partial charge in [-0.2, -0.15) is 5.26 Å². The summed E-state index contributed by atoms with van der Waals surface area (Å²) < 4.78 is 32.2. The number of morpholine rings is 1. The highest BCUT2D eigenvalue weighted by Gasteiger charge is 2.19. The fraction of sp³-hybridized carbons (Fsp3) is 0.462. The van der Waals surface area contributed by atoms with E-state index in [-0.39, 0.29) is 17.5 Å². The minimum Gasteiger partial charge on any atom is -0.378 e. The number of nitrogens with zero attached hydrogens (tertiary/aromatic N) is 1. The van der Waals surface area contributed by atoms with Crippen LogP contribution in [0.2, 0.25) is 0 Å². The Morgan fingerprint density at radius 1 is 1.55 bits per heavy atom. The number of nitriles is 1. The Balaban J connectivity index is 2.06. The molecule has 0 saturated carbocycles. The van der Waals surface area contributed by atoms with Crippen LogP contribution in [0.15, 0.2) is 23.1 Å². The van der Waals surface area contributed by atoms with Crippen LogP contribution >= 0.6 is 0 Å². The molecule has 0 spiro atoms. The van der Waals surface area contributed by atoms with Gasteiger partial charge in [0.15, 0.2) is 0 Å². The normalized spacial score (nSPS) is 19.5. The van der Waals surface area contributed by atoms with E-state index in [4.69, 9.17) is 10.00 Å². The Morgan fingerprint density at radius 3 is 2.95 bits per heavy atom. The number of hydrogen-bond donors (Lipinski definition) is 2. The van der Waals surface area contributed by atoms with Crippen molar-refractivity contribution in [1.29, 1.82) is 5.26 Å². The van der Waals surface area contributed by atoms with Crippen LogP contribution in [-0.2, 0) is 14.8 Å². The second-order valence-corrected chi connectivity index (χ2v) is 6.43. The lowest BCUT2D eigenvalue weighted by molar-refractivity contribution is 0.0784. The largest absolute Gasteiger partial charge is 0.378 e. The van der Waals surface area contributed by atoms with Crippen LogP contribution < -0.4 is 10.0 Å². The maximum Gasteiger partial charge on any atom is 0.240 e. The SMILES string of the molecule is Cc1cc(S(=O)(=O)NCC2COCCN2)ccc1C#N. The minimum atomic E-state index is -3.56. The highest BCUT2D eigenvalue weighted by molar-refractivity contribution is 7.89. The molecule has 0 radical (unpaired) electrons. The average molecular weight is 295 g/mol. The highest BCUT2D eigenvalue weighted by Crippen LogP contribution is 2.14. The third kappa shape index (κ3) is 3.55. The molecule has 2 rings (SSSR count). The van der Waals surface area contributed by atoms with Crippen molar-refractivity contribution in [3.63, 3.8) is 0 Å². The summed E-state index contributed by atoms with van der Waals surface area (Å²) in [5.41, 5.74) is 1.13. The van der Waals surface area contributed by atoms with Crippen LogP contribution in [0.3, 0.4) is 0 Å². The topological polar surface area (TPSA) is 91.2 Å². The molecule has 1 atom stereocenters. The summed E-state index contributed by atoms with van der Waals surface area (Å²) in [5.74, 6) is 0. The molecule has 1 aliphatic rings. The predicted octanol–water partition coefficient (Wildman–Crippen LogP) is 0.133. The molecule has 7 heteroatoms. The van der Waals surface area contributed by atoms with Crippen molar-refractivity contribution in [2.24, 2.45) is 0 Å². The fourth-order valence-corrected chi connectivity index (χ4v) is 3.14. The van der Waals surface area contributed by atoms with Crippen LogP contribution in [0.25, 0.3) is 0 Å². The molecular formula is C13H17N3O3S. The Bertz CT molecular complexity index is 616. The summed E-state index contributed by atoms with van der Waals surface area (Å²) in [6, 6.07) is 6.47. The van der Waals surface area contributed by atoms with E-state index in [9.17, 15) is 8.42 Å². The molecule has 1 aromatic carbocycles. The van der Waals surface area contributed by atoms with E-state index in [1.54, 1.807) is 6.92 Å². The fourth-order valence-electron chi connectivity index (χ4n) is 1.97. The first-order valence-corrected chi connectivity index (χ1v) is 7.83. The van der Waals surface area contributed by atoms with Gasteiger partial charge < -0.3 is 10.1 Å². The summed E-state index contributed by atoms with van der Waals surface area (Å²) in [4.78, 5) is 0.172. The van der Waals surface area contributed by atoms with Crippen LogP contribution in [0.1, 0.15) is 11.1 Å². The number of sulfonamides is 1. The Kier molecular flexibility index (Phi) is 4.73. The zero-order chi connectivity index (χ0) is 14.6. The molecule has 0 aromatic heterocycles. The smallest absolute Gasteiger partial charge is 0.240 e. The van der Waals surface area contributed by atoms with Gasteiger partial charge in [-0.1, -0.05) is 0 Å². The number of ether oxygens (including phenoxy) is 1. The number of nitrogens with one attached hydrogen (secondary N) is 2. The van der Waals surface area contributed by atoms with Crippen molar-refractivity contribution in [3.8, 4) is 6.07 Å². The Labute approximate surface area is 118 Å². The zero-order valence-corrected chi connectivity index (χ0v) is 12.0. The van der Waals surface area contributed by atoms with E-state index in [2.05, 4.69) is 10.0 Å². The second kappa shape index (κ2) is 6.33. The molecule has 1 saturated heterocycles. The standard InChI is InChI=1S/C13H17N3O3S/c1-10-6-13(3-2-11(10)7-14)20(17,18)16-8-12-9-19-5-4-15-12/h2-3,6,12,15-16H,4-5,8-9H2,1H3. The maximum absolute atomic E-state index is 12.2. The quantitative estimate of drug-likeness (QED) is 0.824. The van der Waals surface area contributed by atoms with Gasteiger partial charge in [-0.3, -0.25) is 0 Å². The van der Waals surface area contributed by atoms with E-state index in [0.717, 1.165) is 6.54 Å². The third-order valence-corrected chi connectivity index (χ3v) is 4.57. The summed E-state index contributed by atoms with van der Waals surface area (Å²) in [6.45, 7) is 3.87. The summed E-state index contributed by atoms with van der Waals surface area (Å²) in [7, 11) is -3.56. The number of aryl methyl sites for hydroxylation is 1. The Morgan fingerprint density at radius 2 is 2.35 bits per heavy atom. The maximum atomic E-state index is 12.2. The zero-order valence-electron chi connectivity index (χ0n) is 11.2. The van der Waals surface area contributed by atoms with Gasteiger partial charge in [0, 0.05) is 19.1 Å². The second-order valence-electron chi connectivity index (χ2n) is 4.67. The molecule has 108 valence electrons. The molecule has 20 heavy (non-hydrogen) atoms. The van der Waals surface area contributed by atoms with E-state index in [0.29, 0.717) is 24.3 Å². The average Bonchev–Trinajstić information content (AvgIpc) is 2.46. The molecule has 0 amide bonds. The van der Waals surface area contributed by atoms with Crippen molar-refractivity contribution in [3.05, 3.63) is 29.3 Å². The van der Waals surface area contributed by atoms with Gasteiger partial charge in [0.2, 0.25) is 10.0 Å². The molecule has 2 N–H and O–H groups in total.